The lowest BCUT2D eigenvalue weighted by atomic mass is 9.99. The number of ether oxygens (including phenoxy) is 1. The minimum Gasteiger partial charge on any atom is -0.383 e. The van der Waals surface area contributed by atoms with E-state index in [0.717, 1.165) is 44.7 Å². The standard InChI is InChI=1S/C16H36N4O.HI/c1-6-8-9-15(7-2)14-19-16(17-3)18-10-11-20(4)12-13-21-5;/h15H,6-14H2,1-5H3,(H2,17,18,19);1H. The molecule has 134 valence electrons. The molecule has 0 aromatic heterocycles. The first-order valence-corrected chi connectivity index (χ1v) is 8.29. The Morgan fingerprint density at radius 1 is 1.23 bits per heavy atom. The third kappa shape index (κ3) is 13.6. The van der Waals surface area contributed by atoms with Crippen LogP contribution in [0.25, 0.3) is 0 Å². The maximum Gasteiger partial charge on any atom is 0.191 e. The van der Waals surface area contributed by atoms with E-state index in [4.69, 9.17) is 4.74 Å². The number of hydrogen-bond acceptors (Lipinski definition) is 3. The van der Waals surface area contributed by atoms with Crippen molar-refractivity contribution in [3.8, 4) is 0 Å². The van der Waals surface area contributed by atoms with E-state index in [1.165, 1.54) is 25.7 Å². The van der Waals surface area contributed by atoms with Gasteiger partial charge in [-0.05, 0) is 19.4 Å². The van der Waals surface area contributed by atoms with Gasteiger partial charge in [-0.25, -0.2) is 0 Å². The second kappa shape index (κ2) is 17.3. The Hall–Kier alpha value is -0.0800. The Morgan fingerprint density at radius 2 is 1.95 bits per heavy atom. The normalized spacial score (nSPS) is 12.9. The summed E-state index contributed by atoms with van der Waals surface area (Å²) in [5, 5.41) is 6.81. The van der Waals surface area contributed by atoms with Gasteiger partial charge < -0.3 is 20.3 Å². The first-order chi connectivity index (χ1) is 10.2. The van der Waals surface area contributed by atoms with E-state index in [0.29, 0.717) is 0 Å². The van der Waals surface area contributed by atoms with Crippen LogP contribution in [0, 0.1) is 5.92 Å². The highest BCUT2D eigenvalue weighted by Gasteiger charge is 2.07. The first-order valence-electron chi connectivity index (χ1n) is 8.29. The molecule has 0 fully saturated rings. The summed E-state index contributed by atoms with van der Waals surface area (Å²) in [4.78, 5) is 6.53. The summed E-state index contributed by atoms with van der Waals surface area (Å²) in [6.45, 7) is 9.14. The summed E-state index contributed by atoms with van der Waals surface area (Å²) < 4.78 is 5.07. The van der Waals surface area contributed by atoms with Crippen LogP contribution in [0.4, 0.5) is 0 Å². The molecule has 0 radical (unpaired) electrons. The van der Waals surface area contributed by atoms with Crippen LogP contribution in [-0.4, -0.2) is 64.9 Å². The van der Waals surface area contributed by atoms with Crippen molar-refractivity contribution in [2.24, 2.45) is 10.9 Å². The van der Waals surface area contributed by atoms with E-state index >= 15 is 0 Å². The average Bonchev–Trinajstić information content (AvgIpc) is 2.51. The minimum atomic E-state index is 0. The van der Waals surface area contributed by atoms with E-state index in [9.17, 15) is 0 Å². The van der Waals surface area contributed by atoms with Crippen LogP contribution in [0.5, 0.6) is 0 Å². The Kier molecular flexibility index (Phi) is 19.0. The zero-order valence-corrected chi connectivity index (χ0v) is 17.5. The molecule has 0 saturated heterocycles. The van der Waals surface area contributed by atoms with E-state index < -0.39 is 0 Å². The summed E-state index contributed by atoms with van der Waals surface area (Å²) in [7, 11) is 5.67. The fraction of sp³-hybridized carbons (Fsp3) is 0.938. The molecular weight excluding hydrogens is 391 g/mol. The lowest BCUT2D eigenvalue weighted by Gasteiger charge is -2.20. The molecule has 0 heterocycles. The smallest absolute Gasteiger partial charge is 0.191 e. The number of guanidine groups is 1. The minimum absolute atomic E-state index is 0. The molecule has 22 heavy (non-hydrogen) atoms. The highest BCUT2D eigenvalue weighted by molar-refractivity contribution is 14.0. The lowest BCUT2D eigenvalue weighted by Crippen LogP contribution is -2.42. The molecule has 1 unspecified atom stereocenters. The van der Waals surface area contributed by atoms with E-state index in [-0.39, 0.29) is 24.0 Å². The maximum atomic E-state index is 5.07. The van der Waals surface area contributed by atoms with Gasteiger partial charge in [0.05, 0.1) is 6.61 Å². The van der Waals surface area contributed by atoms with E-state index in [2.05, 4.69) is 41.4 Å². The molecule has 0 aromatic carbocycles. The number of nitrogens with one attached hydrogen (secondary N) is 2. The van der Waals surface area contributed by atoms with Gasteiger partial charge in [0.2, 0.25) is 0 Å². The number of unbranched alkanes of at least 4 members (excludes halogenated alkanes) is 1. The van der Waals surface area contributed by atoms with Crippen LogP contribution in [0.1, 0.15) is 39.5 Å². The Balaban J connectivity index is 0. The lowest BCUT2D eigenvalue weighted by molar-refractivity contribution is 0.162. The number of aliphatic imine (C=N–C) groups is 1. The number of rotatable bonds is 12. The van der Waals surface area contributed by atoms with Crippen LogP contribution in [0.15, 0.2) is 4.99 Å². The third-order valence-electron chi connectivity index (χ3n) is 3.79. The quantitative estimate of drug-likeness (QED) is 0.285. The molecule has 5 nitrogen and oxygen atoms in total. The van der Waals surface area contributed by atoms with Gasteiger partial charge in [0, 0.05) is 40.3 Å². The molecule has 6 heteroatoms. The molecule has 0 aromatic rings. The predicted octanol–water partition coefficient (Wildman–Crippen LogP) is 2.56. The van der Waals surface area contributed by atoms with Crippen LogP contribution in [-0.2, 0) is 4.74 Å². The van der Waals surface area contributed by atoms with Gasteiger partial charge in [-0.15, -0.1) is 24.0 Å². The second-order valence-corrected chi connectivity index (χ2v) is 5.59. The number of methoxy groups -OCH3 is 1. The molecule has 0 rings (SSSR count). The molecule has 0 aliphatic carbocycles. The van der Waals surface area contributed by atoms with Gasteiger partial charge in [-0.2, -0.15) is 0 Å². The molecule has 0 saturated carbocycles. The largest absolute Gasteiger partial charge is 0.383 e. The fourth-order valence-corrected chi connectivity index (χ4v) is 2.13. The Morgan fingerprint density at radius 3 is 2.50 bits per heavy atom. The first kappa shape index (κ1) is 24.2. The fourth-order valence-electron chi connectivity index (χ4n) is 2.13. The molecule has 0 spiro atoms. The van der Waals surface area contributed by atoms with Crippen molar-refractivity contribution < 1.29 is 4.74 Å². The third-order valence-corrected chi connectivity index (χ3v) is 3.79. The highest BCUT2D eigenvalue weighted by Crippen LogP contribution is 2.10. The topological polar surface area (TPSA) is 48.9 Å². The van der Waals surface area contributed by atoms with Gasteiger partial charge in [0.1, 0.15) is 0 Å². The highest BCUT2D eigenvalue weighted by atomic mass is 127. The molecule has 1 atom stereocenters. The number of hydrogen-bond donors (Lipinski definition) is 2. The summed E-state index contributed by atoms with van der Waals surface area (Å²) in [6.07, 6.45) is 5.12. The van der Waals surface area contributed by atoms with Crippen molar-refractivity contribution in [2.75, 3.05) is 54.0 Å². The van der Waals surface area contributed by atoms with Crippen molar-refractivity contribution >= 4 is 29.9 Å². The number of likely N-dealkylation sites (N-methyl/N-ethyl adjacent to an activating group) is 1. The summed E-state index contributed by atoms with van der Waals surface area (Å²) in [5.74, 6) is 1.65. The Labute approximate surface area is 154 Å². The van der Waals surface area contributed by atoms with E-state index in [1.807, 2.05) is 7.05 Å². The predicted molar refractivity (Wildman–Crippen MR) is 107 cm³/mol. The molecule has 2 N–H and O–H groups in total. The summed E-state index contributed by atoms with van der Waals surface area (Å²) in [6, 6.07) is 0. The van der Waals surface area contributed by atoms with Crippen molar-refractivity contribution in [3.63, 3.8) is 0 Å². The summed E-state index contributed by atoms with van der Waals surface area (Å²) >= 11 is 0. The molecular formula is C16H37IN4O. The van der Waals surface area contributed by atoms with Gasteiger partial charge >= 0.3 is 0 Å². The number of nitrogens with zero attached hydrogens (tertiary/aromatic N) is 2. The average molecular weight is 428 g/mol. The molecule has 0 amide bonds. The van der Waals surface area contributed by atoms with Gasteiger partial charge in [0.25, 0.3) is 0 Å². The van der Waals surface area contributed by atoms with Crippen molar-refractivity contribution in [3.05, 3.63) is 0 Å². The van der Waals surface area contributed by atoms with Crippen molar-refractivity contribution in [1.82, 2.24) is 15.5 Å². The second-order valence-electron chi connectivity index (χ2n) is 5.59. The van der Waals surface area contributed by atoms with Gasteiger partial charge in [-0.1, -0.05) is 33.1 Å². The zero-order chi connectivity index (χ0) is 15.9. The molecule has 0 aliphatic heterocycles. The van der Waals surface area contributed by atoms with Gasteiger partial charge in [0.15, 0.2) is 5.96 Å². The van der Waals surface area contributed by atoms with Crippen LogP contribution in [0.2, 0.25) is 0 Å². The SMILES string of the molecule is CCCCC(CC)CNC(=NC)NCCN(C)CCOC.I. The monoisotopic (exact) mass is 428 g/mol. The van der Waals surface area contributed by atoms with Crippen molar-refractivity contribution in [1.29, 1.82) is 0 Å². The van der Waals surface area contributed by atoms with Crippen LogP contribution >= 0.6 is 24.0 Å². The molecule has 0 aliphatic rings. The Bertz CT molecular complexity index is 265. The van der Waals surface area contributed by atoms with Crippen molar-refractivity contribution in [2.45, 2.75) is 39.5 Å². The molecule has 0 bridgehead atoms. The van der Waals surface area contributed by atoms with Gasteiger partial charge in [-0.3, -0.25) is 4.99 Å². The number of halogens is 1. The summed E-state index contributed by atoms with van der Waals surface area (Å²) in [5.41, 5.74) is 0. The zero-order valence-electron chi connectivity index (χ0n) is 15.2. The maximum absolute atomic E-state index is 5.07. The van der Waals surface area contributed by atoms with E-state index in [1.54, 1.807) is 7.11 Å². The van der Waals surface area contributed by atoms with Crippen LogP contribution < -0.4 is 10.6 Å². The van der Waals surface area contributed by atoms with Crippen LogP contribution in [0.3, 0.4) is 0 Å².